The summed E-state index contributed by atoms with van der Waals surface area (Å²) in [6.07, 6.45) is 1.35. The molecule has 1 amide bonds. The molecule has 0 radical (unpaired) electrons. The van der Waals surface area contributed by atoms with Gasteiger partial charge in [0.25, 0.3) is 0 Å². The number of nitrogens with one attached hydrogen (secondary N) is 3. The van der Waals surface area contributed by atoms with E-state index in [1.54, 1.807) is 18.2 Å². The monoisotopic (exact) mass is 259 g/mol. The molecule has 19 heavy (non-hydrogen) atoms. The maximum absolute atomic E-state index is 11.7. The second-order valence-corrected chi connectivity index (χ2v) is 3.90. The number of tetrazole rings is 1. The van der Waals surface area contributed by atoms with Crippen molar-refractivity contribution in [2.24, 2.45) is 0 Å². The van der Waals surface area contributed by atoms with Gasteiger partial charge in [0.05, 0.1) is 11.0 Å². The minimum absolute atomic E-state index is 0.0225. The summed E-state index contributed by atoms with van der Waals surface area (Å²) in [7, 11) is 0. The van der Waals surface area contributed by atoms with Gasteiger partial charge in [-0.2, -0.15) is 0 Å². The highest BCUT2D eigenvalue weighted by atomic mass is 16.2. The Kier molecular flexibility index (Phi) is 2.56. The molecule has 0 saturated carbocycles. The van der Waals surface area contributed by atoms with Crippen LogP contribution in [0.4, 0.5) is 5.69 Å². The fourth-order valence-electron chi connectivity index (χ4n) is 1.71. The molecule has 0 unspecified atom stereocenters. The minimum atomic E-state index is -0.285. The van der Waals surface area contributed by atoms with E-state index in [1.807, 2.05) is 0 Å². The first kappa shape index (κ1) is 11.1. The zero-order valence-electron chi connectivity index (χ0n) is 9.62. The third-order valence-corrected chi connectivity index (χ3v) is 2.50. The van der Waals surface area contributed by atoms with Crippen molar-refractivity contribution in [2.75, 3.05) is 5.32 Å². The molecule has 0 atom stereocenters. The molecule has 3 N–H and O–H groups in total. The van der Waals surface area contributed by atoms with Crippen LogP contribution >= 0.6 is 0 Å². The Hall–Kier alpha value is -2.97. The number of aromatic nitrogens is 6. The second-order valence-electron chi connectivity index (χ2n) is 3.90. The summed E-state index contributed by atoms with van der Waals surface area (Å²) in [5.74, 6) is -0.260. The Balaban J connectivity index is 1.77. The first-order valence-electron chi connectivity index (χ1n) is 5.43. The third-order valence-electron chi connectivity index (χ3n) is 2.50. The number of rotatable bonds is 3. The molecule has 0 aliphatic carbocycles. The molecule has 2 aromatic heterocycles. The van der Waals surface area contributed by atoms with Crippen LogP contribution in [0, 0.1) is 0 Å². The highest BCUT2D eigenvalue weighted by Crippen LogP contribution is 2.14. The van der Waals surface area contributed by atoms with Crippen molar-refractivity contribution in [1.82, 2.24) is 30.2 Å². The van der Waals surface area contributed by atoms with Gasteiger partial charge in [0.1, 0.15) is 12.9 Å². The largest absolute Gasteiger partial charge is 0.324 e. The van der Waals surface area contributed by atoms with Crippen molar-refractivity contribution in [3.8, 4) is 0 Å². The Morgan fingerprint density at radius 1 is 1.32 bits per heavy atom. The number of fused-ring (bicyclic) bond motifs is 1. The fourth-order valence-corrected chi connectivity index (χ4v) is 1.71. The molecule has 1 aromatic carbocycles. The van der Waals surface area contributed by atoms with Crippen LogP contribution in [0.15, 0.2) is 29.3 Å². The van der Waals surface area contributed by atoms with Gasteiger partial charge in [-0.3, -0.25) is 4.79 Å². The van der Waals surface area contributed by atoms with E-state index in [0.29, 0.717) is 16.7 Å². The first-order valence-corrected chi connectivity index (χ1v) is 5.43. The van der Waals surface area contributed by atoms with E-state index < -0.39 is 0 Å². The lowest BCUT2D eigenvalue weighted by atomic mass is 10.3. The molecule has 0 spiro atoms. The molecule has 0 fully saturated rings. The van der Waals surface area contributed by atoms with Crippen LogP contribution in [0.3, 0.4) is 0 Å². The standard InChI is InChI=1S/C10H9N7O2/c18-9(4-17-5-11-15-16-17)12-6-1-2-7-8(3-6)14-10(19)13-7/h1-3,5H,4H2,(H,12,18)(H2,13,14,19). The van der Waals surface area contributed by atoms with E-state index in [0.717, 1.165) is 0 Å². The number of nitrogens with zero attached hydrogens (tertiary/aromatic N) is 4. The number of H-pyrrole nitrogens is 2. The summed E-state index contributed by atoms with van der Waals surface area (Å²) in [6.45, 7) is 0.0225. The predicted octanol–water partition coefficient (Wildman–Crippen LogP) is -0.519. The van der Waals surface area contributed by atoms with Gasteiger partial charge < -0.3 is 15.3 Å². The van der Waals surface area contributed by atoms with Crippen LogP contribution < -0.4 is 11.0 Å². The van der Waals surface area contributed by atoms with Crippen LogP contribution in [-0.2, 0) is 11.3 Å². The SMILES string of the molecule is O=C(Cn1cnnn1)Nc1ccc2[nH]c(=O)[nH]c2c1. The number of hydrogen-bond donors (Lipinski definition) is 3. The van der Waals surface area contributed by atoms with Crippen LogP contribution in [-0.4, -0.2) is 36.1 Å². The van der Waals surface area contributed by atoms with Crippen molar-refractivity contribution < 1.29 is 4.79 Å². The van der Waals surface area contributed by atoms with Crippen LogP contribution in [0.1, 0.15) is 0 Å². The Bertz CT molecular complexity index is 771. The first-order chi connectivity index (χ1) is 9.20. The molecule has 0 saturated heterocycles. The number of amides is 1. The number of aromatic amines is 2. The van der Waals surface area contributed by atoms with Gasteiger partial charge in [-0.1, -0.05) is 0 Å². The number of carbonyl (C=O) groups excluding carboxylic acids is 1. The van der Waals surface area contributed by atoms with Crippen molar-refractivity contribution in [3.05, 3.63) is 35.0 Å². The van der Waals surface area contributed by atoms with Gasteiger partial charge in [-0.25, -0.2) is 9.48 Å². The van der Waals surface area contributed by atoms with Crippen LogP contribution in [0.2, 0.25) is 0 Å². The van der Waals surface area contributed by atoms with E-state index in [2.05, 4.69) is 30.8 Å². The summed E-state index contributed by atoms with van der Waals surface area (Å²) in [6, 6.07) is 5.08. The zero-order valence-corrected chi connectivity index (χ0v) is 9.62. The molecule has 3 rings (SSSR count). The van der Waals surface area contributed by atoms with E-state index in [9.17, 15) is 9.59 Å². The molecule has 96 valence electrons. The summed E-state index contributed by atoms with van der Waals surface area (Å²) in [5.41, 5.74) is 1.61. The normalized spacial score (nSPS) is 10.7. The third kappa shape index (κ3) is 2.34. The molecule has 9 heteroatoms. The summed E-state index contributed by atoms with van der Waals surface area (Å²) in [4.78, 5) is 28.1. The van der Waals surface area contributed by atoms with Gasteiger partial charge in [0.2, 0.25) is 5.91 Å². The van der Waals surface area contributed by atoms with Crippen LogP contribution in [0.5, 0.6) is 0 Å². The van der Waals surface area contributed by atoms with Crippen LogP contribution in [0.25, 0.3) is 11.0 Å². The molecule has 2 heterocycles. The number of imidazole rings is 1. The summed E-state index contributed by atoms with van der Waals surface area (Å²) >= 11 is 0. The average Bonchev–Trinajstić information content (AvgIpc) is 2.96. The molecule has 3 aromatic rings. The predicted molar refractivity (Wildman–Crippen MR) is 65.4 cm³/mol. The topological polar surface area (TPSA) is 121 Å². The lowest BCUT2D eigenvalue weighted by molar-refractivity contribution is -0.116. The Morgan fingerprint density at radius 3 is 2.95 bits per heavy atom. The summed E-state index contributed by atoms with van der Waals surface area (Å²) in [5, 5.41) is 13.2. The van der Waals surface area contributed by atoms with Crippen molar-refractivity contribution >= 4 is 22.6 Å². The number of anilines is 1. The smallest absolute Gasteiger partial charge is 0.323 e. The maximum atomic E-state index is 11.7. The van der Waals surface area contributed by atoms with Gasteiger partial charge in [0.15, 0.2) is 0 Å². The quantitative estimate of drug-likeness (QED) is 0.584. The maximum Gasteiger partial charge on any atom is 0.323 e. The summed E-state index contributed by atoms with van der Waals surface area (Å²) < 4.78 is 1.31. The number of hydrogen-bond acceptors (Lipinski definition) is 5. The second kappa shape index (κ2) is 4.37. The van der Waals surface area contributed by atoms with Gasteiger partial charge in [-0.15, -0.1) is 5.10 Å². The number of carbonyl (C=O) groups is 1. The fraction of sp³-hybridized carbons (Fsp3) is 0.100. The van der Waals surface area contributed by atoms with Crippen molar-refractivity contribution in [3.63, 3.8) is 0 Å². The Morgan fingerprint density at radius 2 is 2.16 bits per heavy atom. The zero-order chi connectivity index (χ0) is 13.2. The van der Waals surface area contributed by atoms with E-state index in [4.69, 9.17) is 0 Å². The van der Waals surface area contributed by atoms with Gasteiger partial charge >= 0.3 is 5.69 Å². The molecule has 0 aliphatic heterocycles. The van der Waals surface area contributed by atoms with E-state index in [-0.39, 0.29) is 18.1 Å². The average molecular weight is 259 g/mol. The van der Waals surface area contributed by atoms with E-state index in [1.165, 1.54) is 11.0 Å². The highest BCUT2D eigenvalue weighted by Gasteiger charge is 2.06. The Labute approximate surface area is 105 Å². The van der Waals surface area contributed by atoms with Crippen molar-refractivity contribution in [1.29, 1.82) is 0 Å². The molecule has 0 aliphatic rings. The van der Waals surface area contributed by atoms with Gasteiger partial charge in [-0.05, 0) is 28.6 Å². The van der Waals surface area contributed by atoms with Gasteiger partial charge in [0, 0.05) is 5.69 Å². The molecular formula is C10H9N7O2. The minimum Gasteiger partial charge on any atom is -0.324 e. The molecule has 0 bridgehead atoms. The number of benzene rings is 1. The van der Waals surface area contributed by atoms with E-state index >= 15 is 0 Å². The highest BCUT2D eigenvalue weighted by molar-refractivity contribution is 5.92. The lowest BCUT2D eigenvalue weighted by Gasteiger charge is -2.04. The van der Waals surface area contributed by atoms with Crippen molar-refractivity contribution in [2.45, 2.75) is 6.54 Å². The molecule has 9 nitrogen and oxygen atoms in total. The molecular weight excluding hydrogens is 250 g/mol. The lowest BCUT2D eigenvalue weighted by Crippen LogP contribution is -2.19.